The minimum absolute atomic E-state index is 0.0370. The summed E-state index contributed by atoms with van der Waals surface area (Å²) in [5.74, 6) is -2.61. The van der Waals surface area contributed by atoms with Crippen LogP contribution in [-0.4, -0.2) is 57.9 Å². The Labute approximate surface area is 230 Å². The van der Waals surface area contributed by atoms with Gasteiger partial charge in [-0.05, 0) is 42.2 Å². The minimum Gasteiger partial charge on any atom is -0.480 e. The standard InChI is InChI=1S/C29H45N5O5/c1-7-18(6)25(30)28(37)33-23(13-17(4)5)26(35)32-22(12-16(2)3)27(36)34-24(29(38)39)14-19-15-31-21-11-9-8-10-20(19)21/h8-11,15-18,22-25,31H,7,12-14,30H2,1-6H3,(H,32,35)(H,33,37)(H,34,36)(H,38,39). The highest BCUT2D eigenvalue weighted by Gasteiger charge is 2.32. The number of nitrogens with two attached hydrogens (primary N) is 1. The number of aliphatic carboxylic acids is 1. The number of fused-ring (bicyclic) bond motifs is 1. The van der Waals surface area contributed by atoms with Crippen molar-refractivity contribution in [3.63, 3.8) is 0 Å². The van der Waals surface area contributed by atoms with Crippen molar-refractivity contribution in [1.29, 1.82) is 0 Å². The van der Waals surface area contributed by atoms with Crippen molar-refractivity contribution < 1.29 is 24.3 Å². The molecule has 5 unspecified atom stereocenters. The molecule has 5 atom stereocenters. The third-order valence-corrected chi connectivity index (χ3v) is 6.95. The number of nitrogens with one attached hydrogen (secondary N) is 4. The molecule has 39 heavy (non-hydrogen) atoms. The number of carbonyl (C=O) groups is 4. The molecule has 0 saturated heterocycles. The van der Waals surface area contributed by atoms with E-state index in [1.54, 1.807) is 6.20 Å². The molecule has 0 radical (unpaired) electrons. The number of H-pyrrole nitrogens is 1. The highest BCUT2D eigenvalue weighted by atomic mass is 16.4. The minimum atomic E-state index is -1.19. The predicted molar refractivity (Wildman–Crippen MR) is 152 cm³/mol. The Bertz CT molecular complexity index is 1130. The fraction of sp³-hybridized carbons (Fsp3) is 0.586. The van der Waals surface area contributed by atoms with Crippen LogP contribution >= 0.6 is 0 Å². The summed E-state index contributed by atoms with van der Waals surface area (Å²) in [5.41, 5.74) is 7.71. The first kappa shape index (κ1) is 31.8. The molecule has 1 heterocycles. The second kappa shape index (κ2) is 14.7. The van der Waals surface area contributed by atoms with Gasteiger partial charge in [0, 0.05) is 23.5 Å². The molecule has 2 aromatic rings. The van der Waals surface area contributed by atoms with Gasteiger partial charge in [0.05, 0.1) is 6.04 Å². The lowest BCUT2D eigenvalue weighted by atomic mass is 9.97. The first-order valence-corrected chi connectivity index (χ1v) is 13.8. The van der Waals surface area contributed by atoms with E-state index >= 15 is 0 Å². The summed E-state index contributed by atoms with van der Waals surface area (Å²) in [6.45, 7) is 11.5. The zero-order chi connectivity index (χ0) is 29.3. The molecule has 0 saturated carbocycles. The summed E-state index contributed by atoms with van der Waals surface area (Å²) in [4.78, 5) is 54.6. The van der Waals surface area contributed by atoms with Crippen LogP contribution < -0.4 is 21.7 Å². The number of carboxylic acid groups (broad SMARTS) is 1. The van der Waals surface area contributed by atoms with E-state index < -0.39 is 47.9 Å². The molecular weight excluding hydrogens is 498 g/mol. The maximum atomic E-state index is 13.3. The van der Waals surface area contributed by atoms with Crippen molar-refractivity contribution in [2.24, 2.45) is 23.5 Å². The van der Waals surface area contributed by atoms with Gasteiger partial charge in [0.15, 0.2) is 0 Å². The van der Waals surface area contributed by atoms with Crippen LogP contribution in [0.15, 0.2) is 30.5 Å². The van der Waals surface area contributed by atoms with Gasteiger partial charge in [-0.1, -0.05) is 66.2 Å². The average Bonchev–Trinajstić information content (AvgIpc) is 3.28. The number of benzene rings is 1. The Morgan fingerprint density at radius 1 is 0.846 bits per heavy atom. The monoisotopic (exact) mass is 543 g/mol. The average molecular weight is 544 g/mol. The molecule has 10 nitrogen and oxygen atoms in total. The third kappa shape index (κ3) is 9.38. The number of para-hydroxylation sites is 1. The van der Waals surface area contributed by atoms with E-state index in [0.29, 0.717) is 12.8 Å². The van der Waals surface area contributed by atoms with E-state index in [1.165, 1.54) is 0 Å². The van der Waals surface area contributed by atoms with Gasteiger partial charge < -0.3 is 31.8 Å². The normalized spacial score (nSPS) is 15.4. The third-order valence-electron chi connectivity index (χ3n) is 6.95. The SMILES string of the molecule is CCC(C)C(N)C(=O)NC(CC(C)C)C(=O)NC(CC(C)C)C(=O)NC(Cc1c[nH]c2ccccc12)C(=O)O. The molecule has 0 spiro atoms. The van der Waals surface area contributed by atoms with Crippen LogP contribution in [0.4, 0.5) is 0 Å². The van der Waals surface area contributed by atoms with Gasteiger partial charge in [-0.25, -0.2) is 4.79 Å². The van der Waals surface area contributed by atoms with Crippen LogP contribution in [0.1, 0.15) is 66.4 Å². The van der Waals surface area contributed by atoms with Gasteiger partial charge in [-0.3, -0.25) is 14.4 Å². The van der Waals surface area contributed by atoms with Crippen LogP contribution in [-0.2, 0) is 25.6 Å². The largest absolute Gasteiger partial charge is 0.480 e. The van der Waals surface area contributed by atoms with E-state index in [4.69, 9.17) is 5.73 Å². The molecule has 0 aliphatic carbocycles. The van der Waals surface area contributed by atoms with Crippen LogP contribution in [0.5, 0.6) is 0 Å². The summed E-state index contributed by atoms with van der Waals surface area (Å²) >= 11 is 0. The summed E-state index contributed by atoms with van der Waals surface area (Å²) in [7, 11) is 0. The van der Waals surface area contributed by atoms with E-state index in [-0.39, 0.29) is 24.2 Å². The van der Waals surface area contributed by atoms with Crippen molar-refractivity contribution in [3.8, 4) is 0 Å². The van der Waals surface area contributed by atoms with Gasteiger partial charge in [-0.15, -0.1) is 0 Å². The molecule has 7 N–H and O–H groups in total. The maximum absolute atomic E-state index is 13.3. The highest BCUT2D eigenvalue weighted by Crippen LogP contribution is 2.19. The van der Waals surface area contributed by atoms with Crippen LogP contribution in [0.3, 0.4) is 0 Å². The van der Waals surface area contributed by atoms with Crippen molar-refractivity contribution in [2.45, 2.75) is 91.4 Å². The maximum Gasteiger partial charge on any atom is 0.326 e. The van der Waals surface area contributed by atoms with Crippen molar-refractivity contribution in [3.05, 3.63) is 36.0 Å². The number of carbonyl (C=O) groups excluding carboxylic acids is 3. The number of aromatic amines is 1. The summed E-state index contributed by atoms with van der Waals surface area (Å²) in [6, 6.07) is 3.73. The zero-order valence-electron chi connectivity index (χ0n) is 23.9. The molecule has 216 valence electrons. The molecule has 2 rings (SSSR count). The summed E-state index contributed by atoms with van der Waals surface area (Å²) in [5, 5.41) is 18.9. The van der Waals surface area contributed by atoms with E-state index in [1.807, 2.05) is 65.8 Å². The molecule has 0 aliphatic heterocycles. The fourth-order valence-electron chi connectivity index (χ4n) is 4.45. The van der Waals surface area contributed by atoms with Crippen molar-refractivity contribution in [2.75, 3.05) is 0 Å². The van der Waals surface area contributed by atoms with Gasteiger partial charge >= 0.3 is 5.97 Å². The van der Waals surface area contributed by atoms with Crippen molar-refractivity contribution >= 4 is 34.6 Å². The second-order valence-corrected chi connectivity index (χ2v) is 11.3. The van der Waals surface area contributed by atoms with Crippen LogP contribution in [0.2, 0.25) is 0 Å². The van der Waals surface area contributed by atoms with Crippen molar-refractivity contribution in [1.82, 2.24) is 20.9 Å². The van der Waals surface area contributed by atoms with E-state index in [9.17, 15) is 24.3 Å². The van der Waals surface area contributed by atoms with E-state index in [0.717, 1.165) is 22.9 Å². The van der Waals surface area contributed by atoms with Crippen LogP contribution in [0, 0.1) is 17.8 Å². The van der Waals surface area contributed by atoms with Gasteiger partial charge in [-0.2, -0.15) is 0 Å². The quantitative estimate of drug-likeness (QED) is 0.202. The molecule has 10 heteroatoms. The molecule has 0 bridgehead atoms. The first-order chi connectivity index (χ1) is 18.3. The topological polar surface area (TPSA) is 166 Å². The second-order valence-electron chi connectivity index (χ2n) is 11.3. The number of hydrogen-bond acceptors (Lipinski definition) is 5. The first-order valence-electron chi connectivity index (χ1n) is 13.8. The smallest absolute Gasteiger partial charge is 0.326 e. The number of hydrogen-bond donors (Lipinski definition) is 6. The summed E-state index contributed by atoms with van der Waals surface area (Å²) < 4.78 is 0. The molecule has 0 fully saturated rings. The Balaban J connectivity index is 2.19. The lowest BCUT2D eigenvalue weighted by Crippen LogP contribution is -2.58. The number of carboxylic acids is 1. The molecule has 1 aromatic heterocycles. The number of amides is 3. The van der Waals surface area contributed by atoms with Gasteiger partial charge in [0.1, 0.15) is 18.1 Å². The van der Waals surface area contributed by atoms with Gasteiger partial charge in [0.25, 0.3) is 0 Å². The summed E-state index contributed by atoms with van der Waals surface area (Å²) in [6.07, 6.45) is 3.19. The highest BCUT2D eigenvalue weighted by molar-refractivity contribution is 5.94. The fourth-order valence-corrected chi connectivity index (χ4v) is 4.45. The number of rotatable bonds is 15. The lowest BCUT2D eigenvalue weighted by Gasteiger charge is -2.27. The molecule has 1 aromatic carbocycles. The predicted octanol–water partition coefficient (Wildman–Crippen LogP) is 2.72. The number of aromatic nitrogens is 1. The van der Waals surface area contributed by atoms with E-state index in [2.05, 4.69) is 20.9 Å². The Hall–Kier alpha value is -3.40. The Morgan fingerprint density at radius 2 is 1.36 bits per heavy atom. The molecular formula is C29H45N5O5. The lowest BCUT2D eigenvalue weighted by molar-refractivity contribution is -0.142. The zero-order valence-corrected chi connectivity index (χ0v) is 23.9. The van der Waals surface area contributed by atoms with Crippen LogP contribution in [0.25, 0.3) is 10.9 Å². The van der Waals surface area contributed by atoms with Gasteiger partial charge in [0.2, 0.25) is 17.7 Å². The Kier molecular flexibility index (Phi) is 12.0. The molecule has 0 aliphatic rings. The Morgan fingerprint density at radius 3 is 1.87 bits per heavy atom. The molecule has 3 amide bonds.